The van der Waals surface area contributed by atoms with E-state index in [1.54, 1.807) is 7.11 Å². The Morgan fingerprint density at radius 3 is 2.60 bits per heavy atom. The Hall–Kier alpha value is -1.19. The molecule has 0 heterocycles. The van der Waals surface area contributed by atoms with Crippen molar-refractivity contribution in [1.82, 2.24) is 0 Å². The molecule has 0 N–H and O–H groups in total. The van der Waals surface area contributed by atoms with Crippen molar-refractivity contribution >= 4 is 27.5 Å². The maximum absolute atomic E-state index is 5.99. The van der Waals surface area contributed by atoms with Crippen LogP contribution in [0, 0.1) is 6.92 Å². The van der Waals surface area contributed by atoms with Crippen molar-refractivity contribution in [2.24, 2.45) is 0 Å². The molecule has 0 aliphatic heterocycles. The average Bonchev–Trinajstić information content (AvgIpc) is 2.45. The monoisotopic (exact) mass is 354 g/mol. The third-order valence-corrected chi connectivity index (χ3v) is 3.77. The molecule has 0 atom stereocenters. The molecule has 0 amide bonds. The SMILES string of the molecule is COc1ccccc1COc1c(C)cc(Br)cc1CCl. The number of methoxy groups -OCH3 is 1. The summed E-state index contributed by atoms with van der Waals surface area (Å²) >= 11 is 9.46. The number of benzene rings is 2. The van der Waals surface area contributed by atoms with Gasteiger partial charge in [-0.1, -0.05) is 34.1 Å². The third kappa shape index (κ3) is 3.47. The van der Waals surface area contributed by atoms with Gasteiger partial charge in [-0.15, -0.1) is 11.6 Å². The molecular weight excluding hydrogens is 340 g/mol. The number of hydrogen-bond acceptors (Lipinski definition) is 2. The van der Waals surface area contributed by atoms with Crippen LogP contribution in [-0.2, 0) is 12.5 Å². The Balaban J connectivity index is 2.23. The smallest absolute Gasteiger partial charge is 0.127 e. The van der Waals surface area contributed by atoms with Gasteiger partial charge in [-0.05, 0) is 30.7 Å². The van der Waals surface area contributed by atoms with E-state index in [4.69, 9.17) is 21.1 Å². The molecule has 2 nitrogen and oxygen atoms in total. The first-order valence-electron chi connectivity index (χ1n) is 6.25. The molecule has 106 valence electrons. The van der Waals surface area contributed by atoms with Gasteiger partial charge in [0.05, 0.1) is 13.0 Å². The second-order valence-electron chi connectivity index (χ2n) is 4.45. The van der Waals surface area contributed by atoms with Gasteiger partial charge in [-0.25, -0.2) is 0 Å². The summed E-state index contributed by atoms with van der Waals surface area (Å²) in [4.78, 5) is 0. The van der Waals surface area contributed by atoms with Gasteiger partial charge in [0.2, 0.25) is 0 Å². The van der Waals surface area contributed by atoms with Crippen LogP contribution in [0.15, 0.2) is 40.9 Å². The number of aryl methyl sites for hydroxylation is 1. The van der Waals surface area contributed by atoms with Gasteiger partial charge in [-0.3, -0.25) is 0 Å². The number of halogens is 2. The van der Waals surface area contributed by atoms with Crippen molar-refractivity contribution < 1.29 is 9.47 Å². The second kappa shape index (κ2) is 7.00. The molecule has 0 saturated heterocycles. The predicted molar refractivity (Wildman–Crippen MR) is 85.8 cm³/mol. The zero-order valence-electron chi connectivity index (χ0n) is 11.5. The normalized spacial score (nSPS) is 10.4. The average molecular weight is 356 g/mol. The van der Waals surface area contributed by atoms with Gasteiger partial charge >= 0.3 is 0 Å². The van der Waals surface area contributed by atoms with E-state index in [2.05, 4.69) is 15.9 Å². The summed E-state index contributed by atoms with van der Waals surface area (Å²) < 4.78 is 12.3. The first-order chi connectivity index (χ1) is 9.65. The molecule has 20 heavy (non-hydrogen) atoms. The Morgan fingerprint density at radius 1 is 1.15 bits per heavy atom. The highest BCUT2D eigenvalue weighted by Crippen LogP contribution is 2.30. The molecule has 0 spiro atoms. The summed E-state index contributed by atoms with van der Waals surface area (Å²) in [5.74, 6) is 2.09. The summed E-state index contributed by atoms with van der Waals surface area (Å²) in [6.07, 6.45) is 0. The number of ether oxygens (including phenoxy) is 2. The molecule has 0 fully saturated rings. The number of para-hydroxylation sites is 1. The van der Waals surface area contributed by atoms with Crippen LogP contribution in [0.25, 0.3) is 0 Å². The molecule has 0 unspecified atom stereocenters. The van der Waals surface area contributed by atoms with E-state index in [9.17, 15) is 0 Å². The largest absolute Gasteiger partial charge is 0.496 e. The van der Waals surface area contributed by atoms with Crippen molar-refractivity contribution in [3.8, 4) is 11.5 Å². The van der Waals surface area contributed by atoms with Crippen LogP contribution in [-0.4, -0.2) is 7.11 Å². The lowest BCUT2D eigenvalue weighted by Gasteiger charge is -2.15. The van der Waals surface area contributed by atoms with E-state index < -0.39 is 0 Å². The van der Waals surface area contributed by atoms with Crippen LogP contribution < -0.4 is 9.47 Å². The van der Waals surface area contributed by atoms with Crippen molar-refractivity contribution in [2.75, 3.05) is 7.11 Å². The van der Waals surface area contributed by atoms with Crippen molar-refractivity contribution in [2.45, 2.75) is 19.4 Å². The van der Waals surface area contributed by atoms with Crippen LogP contribution in [0.1, 0.15) is 16.7 Å². The summed E-state index contributed by atoms with van der Waals surface area (Å²) in [5, 5.41) is 0. The molecule has 0 aliphatic carbocycles. The minimum Gasteiger partial charge on any atom is -0.496 e. The van der Waals surface area contributed by atoms with Gasteiger partial charge in [0.15, 0.2) is 0 Å². The Kier molecular flexibility index (Phi) is 5.32. The van der Waals surface area contributed by atoms with E-state index in [-0.39, 0.29) is 0 Å². The van der Waals surface area contributed by atoms with Gasteiger partial charge in [0.25, 0.3) is 0 Å². The van der Waals surface area contributed by atoms with Crippen LogP contribution in [0.4, 0.5) is 0 Å². The maximum atomic E-state index is 5.99. The fraction of sp³-hybridized carbons (Fsp3) is 0.250. The molecule has 0 aliphatic rings. The van der Waals surface area contributed by atoms with Crippen molar-refractivity contribution in [1.29, 1.82) is 0 Å². The van der Waals surface area contributed by atoms with Gasteiger partial charge in [0, 0.05) is 15.6 Å². The maximum Gasteiger partial charge on any atom is 0.127 e. The molecule has 2 aromatic carbocycles. The highest BCUT2D eigenvalue weighted by Gasteiger charge is 2.10. The van der Waals surface area contributed by atoms with E-state index in [1.165, 1.54) is 0 Å². The molecule has 2 rings (SSSR count). The standard InChI is InChI=1S/C16H16BrClO2/c1-11-7-14(17)8-13(9-18)16(11)20-10-12-5-3-4-6-15(12)19-2/h3-8H,9-10H2,1-2H3. The van der Waals surface area contributed by atoms with Gasteiger partial charge in [-0.2, -0.15) is 0 Å². The quantitative estimate of drug-likeness (QED) is 0.696. The minimum absolute atomic E-state index is 0.418. The Morgan fingerprint density at radius 2 is 1.90 bits per heavy atom. The van der Waals surface area contributed by atoms with E-state index in [1.807, 2.05) is 43.3 Å². The molecule has 0 radical (unpaired) electrons. The summed E-state index contributed by atoms with van der Waals surface area (Å²) in [7, 11) is 1.66. The molecule has 0 saturated carbocycles. The molecule has 2 aromatic rings. The summed E-state index contributed by atoms with van der Waals surface area (Å²) in [6.45, 7) is 2.47. The first kappa shape index (κ1) is 15.2. The molecule has 0 bridgehead atoms. The minimum atomic E-state index is 0.418. The first-order valence-corrected chi connectivity index (χ1v) is 7.58. The molecular formula is C16H16BrClO2. The van der Waals surface area contributed by atoms with E-state index in [0.29, 0.717) is 12.5 Å². The van der Waals surface area contributed by atoms with Crippen LogP contribution in [0.3, 0.4) is 0 Å². The van der Waals surface area contributed by atoms with Crippen LogP contribution in [0.2, 0.25) is 0 Å². The summed E-state index contributed by atoms with van der Waals surface area (Å²) in [5.41, 5.74) is 3.05. The second-order valence-corrected chi connectivity index (χ2v) is 5.63. The number of hydrogen-bond donors (Lipinski definition) is 0. The van der Waals surface area contributed by atoms with Gasteiger partial charge < -0.3 is 9.47 Å². The lowest BCUT2D eigenvalue weighted by Crippen LogP contribution is -2.02. The third-order valence-electron chi connectivity index (χ3n) is 3.02. The van der Waals surface area contributed by atoms with Crippen molar-refractivity contribution in [3.05, 3.63) is 57.6 Å². The van der Waals surface area contributed by atoms with Crippen LogP contribution >= 0.6 is 27.5 Å². The number of rotatable bonds is 5. The lowest BCUT2D eigenvalue weighted by atomic mass is 10.1. The fourth-order valence-corrected chi connectivity index (χ4v) is 2.90. The van der Waals surface area contributed by atoms with Crippen molar-refractivity contribution in [3.63, 3.8) is 0 Å². The lowest BCUT2D eigenvalue weighted by molar-refractivity contribution is 0.292. The Labute approximate surface area is 132 Å². The van der Waals surface area contributed by atoms with Crippen LogP contribution in [0.5, 0.6) is 11.5 Å². The topological polar surface area (TPSA) is 18.5 Å². The molecule has 0 aromatic heterocycles. The summed E-state index contributed by atoms with van der Waals surface area (Å²) in [6, 6.07) is 11.8. The Bertz CT molecular complexity index is 599. The van der Waals surface area contributed by atoms with E-state index >= 15 is 0 Å². The highest BCUT2D eigenvalue weighted by atomic mass is 79.9. The zero-order valence-corrected chi connectivity index (χ0v) is 13.8. The zero-order chi connectivity index (χ0) is 14.5. The fourth-order valence-electron chi connectivity index (χ4n) is 2.08. The highest BCUT2D eigenvalue weighted by molar-refractivity contribution is 9.10. The van der Waals surface area contributed by atoms with Gasteiger partial charge in [0.1, 0.15) is 18.1 Å². The number of alkyl halides is 1. The predicted octanol–water partition coefficient (Wildman–Crippen LogP) is 5.08. The molecule has 4 heteroatoms. The van der Waals surface area contributed by atoms with E-state index in [0.717, 1.165) is 32.7 Å².